The predicted octanol–water partition coefficient (Wildman–Crippen LogP) is 1.62. The van der Waals surface area contributed by atoms with E-state index in [1.807, 2.05) is 13.0 Å². The van der Waals surface area contributed by atoms with E-state index in [9.17, 15) is 4.21 Å². The molecule has 0 spiro atoms. The van der Waals surface area contributed by atoms with Crippen LogP contribution in [0.4, 0.5) is 11.6 Å². The van der Waals surface area contributed by atoms with Gasteiger partial charge in [-0.2, -0.15) is 0 Å². The largest absolute Gasteiger partial charge is 0.377 e. The summed E-state index contributed by atoms with van der Waals surface area (Å²) in [5.74, 6) is 2.71. The number of anilines is 2. The van der Waals surface area contributed by atoms with E-state index >= 15 is 0 Å². The van der Waals surface area contributed by atoms with Crippen molar-refractivity contribution < 1.29 is 8.95 Å². The Morgan fingerprint density at radius 3 is 2.70 bits per heavy atom. The van der Waals surface area contributed by atoms with Crippen molar-refractivity contribution in [2.24, 2.45) is 0 Å². The molecule has 0 saturated heterocycles. The molecule has 1 aromatic heterocycles. The normalized spacial score (nSPS) is 13.8. The van der Waals surface area contributed by atoms with E-state index in [0.717, 1.165) is 24.6 Å². The second-order valence-corrected chi connectivity index (χ2v) is 6.18. The molecule has 0 saturated carbocycles. The molecule has 7 heteroatoms. The molecule has 114 valence electrons. The first-order valence-corrected chi connectivity index (χ1v) is 8.45. The van der Waals surface area contributed by atoms with Crippen LogP contribution in [0.5, 0.6) is 0 Å². The fraction of sp³-hybridized carbons (Fsp3) is 0.692. The highest BCUT2D eigenvalue weighted by molar-refractivity contribution is 7.84. The SMILES string of the molecule is CCCNc1cc(NC(C)CS(C)=O)nc(COC)n1. The summed E-state index contributed by atoms with van der Waals surface area (Å²) >= 11 is 0. The second kappa shape index (κ2) is 8.86. The molecule has 2 unspecified atom stereocenters. The molecule has 0 bridgehead atoms. The molecule has 0 aliphatic heterocycles. The van der Waals surface area contributed by atoms with Crippen LogP contribution in [0.15, 0.2) is 6.07 Å². The van der Waals surface area contributed by atoms with E-state index in [2.05, 4.69) is 27.5 Å². The van der Waals surface area contributed by atoms with Crippen molar-refractivity contribution in [2.75, 3.05) is 36.3 Å². The minimum Gasteiger partial charge on any atom is -0.377 e. The number of methoxy groups -OCH3 is 1. The molecule has 0 aliphatic rings. The molecule has 0 aliphatic carbocycles. The highest BCUT2D eigenvalue weighted by atomic mass is 32.2. The third-order valence-electron chi connectivity index (χ3n) is 2.48. The Morgan fingerprint density at radius 2 is 2.10 bits per heavy atom. The molecule has 6 nitrogen and oxygen atoms in total. The Labute approximate surface area is 123 Å². The highest BCUT2D eigenvalue weighted by Crippen LogP contribution is 2.13. The number of nitrogens with zero attached hydrogens (tertiary/aromatic N) is 2. The minimum absolute atomic E-state index is 0.0881. The third-order valence-corrected chi connectivity index (χ3v) is 3.45. The standard InChI is InChI=1S/C13H24N4O2S/c1-5-6-14-11-7-12(15-10(2)9-20(4)18)17-13(16-11)8-19-3/h7,10H,5-6,8-9H2,1-4H3,(H2,14,15,16,17). The number of nitrogens with one attached hydrogen (secondary N) is 2. The Balaban J connectivity index is 2.81. The van der Waals surface area contributed by atoms with Gasteiger partial charge in [-0.1, -0.05) is 6.92 Å². The molecule has 20 heavy (non-hydrogen) atoms. The zero-order valence-electron chi connectivity index (χ0n) is 12.6. The van der Waals surface area contributed by atoms with Crippen LogP contribution in [0.1, 0.15) is 26.1 Å². The predicted molar refractivity (Wildman–Crippen MR) is 83.5 cm³/mol. The number of ether oxygens (including phenoxy) is 1. The zero-order valence-corrected chi connectivity index (χ0v) is 13.4. The second-order valence-electron chi connectivity index (χ2n) is 4.70. The van der Waals surface area contributed by atoms with Crippen molar-refractivity contribution in [2.45, 2.75) is 32.9 Å². The molecular weight excluding hydrogens is 276 g/mol. The summed E-state index contributed by atoms with van der Waals surface area (Å²) in [7, 11) is 0.782. The summed E-state index contributed by atoms with van der Waals surface area (Å²) < 4.78 is 16.3. The van der Waals surface area contributed by atoms with E-state index in [1.165, 1.54) is 0 Å². The van der Waals surface area contributed by atoms with E-state index in [0.29, 0.717) is 18.2 Å². The zero-order chi connectivity index (χ0) is 15.0. The third kappa shape index (κ3) is 6.29. The maximum absolute atomic E-state index is 11.2. The number of hydrogen-bond acceptors (Lipinski definition) is 6. The molecule has 0 radical (unpaired) electrons. The number of rotatable bonds is 9. The first-order valence-electron chi connectivity index (χ1n) is 6.72. The fourth-order valence-corrected chi connectivity index (χ4v) is 2.54. The van der Waals surface area contributed by atoms with E-state index in [-0.39, 0.29) is 6.04 Å². The lowest BCUT2D eigenvalue weighted by atomic mass is 10.3. The van der Waals surface area contributed by atoms with Gasteiger partial charge in [-0.15, -0.1) is 0 Å². The lowest BCUT2D eigenvalue weighted by molar-refractivity contribution is 0.178. The Morgan fingerprint density at radius 1 is 1.40 bits per heavy atom. The van der Waals surface area contributed by atoms with Gasteiger partial charge < -0.3 is 15.4 Å². The molecular formula is C13H24N4O2S. The maximum Gasteiger partial charge on any atom is 0.158 e. The van der Waals surface area contributed by atoms with Crippen LogP contribution in [-0.4, -0.2) is 45.9 Å². The van der Waals surface area contributed by atoms with Gasteiger partial charge in [0.2, 0.25) is 0 Å². The van der Waals surface area contributed by atoms with E-state index < -0.39 is 10.8 Å². The van der Waals surface area contributed by atoms with Crippen molar-refractivity contribution in [1.29, 1.82) is 0 Å². The van der Waals surface area contributed by atoms with Crippen molar-refractivity contribution >= 4 is 22.4 Å². The van der Waals surface area contributed by atoms with Crippen LogP contribution in [0.3, 0.4) is 0 Å². The molecule has 1 rings (SSSR count). The topological polar surface area (TPSA) is 76.1 Å². The van der Waals surface area contributed by atoms with Crippen molar-refractivity contribution in [3.05, 3.63) is 11.9 Å². The van der Waals surface area contributed by atoms with Gasteiger partial charge in [-0.25, -0.2) is 9.97 Å². The molecule has 1 aromatic rings. The van der Waals surface area contributed by atoms with Crippen LogP contribution in [-0.2, 0) is 22.1 Å². The van der Waals surface area contributed by atoms with Crippen molar-refractivity contribution in [1.82, 2.24) is 9.97 Å². The summed E-state index contributed by atoms with van der Waals surface area (Å²) in [5, 5.41) is 6.49. The van der Waals surface area contributed by atoms with Crippen LogP contribution in [0.2, 0.25) is 0 Å². The van der Waals surface area contributed by atoms with Gasteiger partial charge in [0.1, 0.15) is 18.2 Å². The van der Waals surface area contributed by atoms with E-state index in [1.54, 1.807) is 13.4 Å². The van der Waals surface area contributed by atoms with Gasteiger partial charge in [-0.3, -0.25) is 4.21 Å². The molecule has 1 heterocycles. The van der Waals surface area contributed by atoms with E-state index in [4.69, 9.17) is 4.74 Å². The Bertz CT molecular complexity index is 442. The fourth-order valence-electron chi connectivity index (χ4n) is 1.75. The number of aromatic nitrogens is 2. The quantitative estimate of drug-likeness (QED) is 0.722. The monoisotopic (exact) mass is 300 g/mol. The molecule has 0 amide bonds. The van der Waals surface area contributed by atoms with Crippen LogP contribution >= 0.6 is 0 Å². The molecule has 0 fully saturated rings. The van der Waals surface area contributed by atoms with Crippen molar-refractivity contribution in [3.63, 3.8) is 0 Å². The summed E-state index contributed by atoms with van der Waals surface area (Å²) in [5.41, 5.74) is 0. The van der Waals surface area contributed by atoms with Gasteiger partial charge in [0.05, 0.1) is 0 Å². The average molecular weight is 300 g/mol. The Hall–Kier alpha value is -1.21. The molecule has 2 atom stereocenters. The van der Waals surface area contributed by atoms with Crippen LogP contribution < -0.4 is 10.6 Å². The lowest BCUT2D eigenvalue weighted by Gasteiger charge is -2.15. The minimum atomic E-state index is -0.834. The first-order chi connectivity index (χ1) is 9.55. The first kappa shape index (κ1) is 16.8. The summed E-state index contributed by atoms with van der Waals surface area (Å²) in [4.78, 5) is 8.77. The smallest absolute Gasteiger partial charge is 0.158 e. The summed E-state index contributed by atoms with van der Waals surface area (Å²) in [6.45, 7) is 5.31. The van der Waals surface area contributed by atoms with Gasteiger partial charge in [0, 0.05) is 48.6 Å². The van der Waals surface area contributed by atoms with Gasteiger partial charge in [0.25, 0.3) is 0 Å². The van der Waals surface area contributed by atoms with Gasteiger partial charge in [0.15, 0.2) is 5.82 Å². The Kier molecular flexibility index (Phi) is 7.46. The average Bonchev–Trinajstić information content (AvgIpc) is 2.35. The summed E-state index contributed by atoms with van der Waals surface area (Å²) in [6.07, 6.45) is 2.72. The van der Waals surface area contributed by atoms with Crippen LogP contribution in [0.25, 0.3) is 0 Å². The number of hydrogen-bond donors (Lipinski definition) is 2. The van der Waals surface area contributed by atoms with Gasteiger partial charge in [-0.05, 0) is 13.3 Å². The highest BCUT2D eigenvalue weighted by Gasteiger charge is 2.08. The molecule has 0 aromatic carbocycles. The molecule has 2 N–H and O–H groups in total. The van der Waals surface area contributed by atoms with Gasteiger partial charge >= 0.3 is 0 Å². The maximum atomic E-state index is 11.2. The van der Waals surface area contributed by atoms with Crippen molar-refractivity contribution in [3.8, 4) is 0 Å². The lowest BCUT2D eigenvalue weighted by Crippen LogP contribution is -2.23. The van der Waals surface area contributed by atoms with Crippen LogP contribution in [0, 0.1) is 0 Å². The summed E-state index contributed by atoms with van der Waals surface area (Å²) in [6, 6.07) is 1.95.